The first-order valence-electron chi connectivity index (χ1n) is 5.47. The molecule has 0 aliphatic heterocycles. The Kier molecular flexibility index (Phi) is 3.79. The van der Waals surface area contributed by atoms with Crippen LogP contribution in [0, 0.1) is 13.8 Å². The molecule has 0 spiro atoms. The minimum atomic E-state index is -0.0772. The SMILES string of the molecule is Cc1cc(Oc2ncc(CO)c(C)n2)ccc1Cl. The molecule has 2 aromatic rings. The maximum Gasteiger partial charge on any atom is 0.322 e. The second-order valence-corrected chi connectivity index (χ2v) is 4.34. The molecule has 0 atom stereocenters. The van der Waals surface area contributed by atoms with Gasteiger partial charge in [-0.15, -0.1) is 0 Å². The third kappa shape index (κ3) is 2.78. The molecule has 1 heterocycles. The third-order valence-electron chi connectivity index (χ3n) is 2.57. The Bertz CT molecular complexity index is 573. The van der Waals surface area contributed by atoms with Crippen LogP contribution in [0.25, 0.3) is 0 Å². The quantitative estimate of drug-likeness (QED) is 0.926. The fourth-order valence-corrected chi connectivity index (χ4v) is 1.58. The molecule has 18 heavy (non-hydrogen) atoms. The van der Waals surface area contributed by atoms with E-state index in [1.165, 1.54) is 0 Å². The summed E-state index contributed by atoms with van der Waals surface area (Å²) in [4.78, 5) is 8.20. The van der Waals surface area contributed by atoms with E-state index in [0.717, 1.165) is 5.56 Å². The van der Waals surface area contributed by atoms with Crippen molar-refractivity contribution in [3.05, 3.63) is 46.2 Å². The smallest absolute Gasteiger partial charge is 0.322 e. The van der Waals surface area contributed by atoms with Crippen LogP contribution in [0.15, 0.2) is 24.4 Å². The van der Waals surface area contributed by atoms with Crippen LogP contribution in [0.4, 0.5) is 0 Å². The van der Waals surface area contributed by atoms with Crippen molar-refractivity contribution in [1.82, 2.24) is 9.97 Å². The molecular weight excluding hydrogens is 252 g/mol. The highest BCUT2D eigenvalue weighted by molar-refractivity contribution is 6.31. The largest absolute Gasteiger partial charge is 0.424 e. The van der Waals surface area contributed by atoms with Crippen LogP contribution in [-0.2, 0) is 6.61 Å². The van der Waals surface area contributed by atoms with Crippen molar-refractivity contribution in [2.75, 3.05) is 0 Å². The molecule has 0 radical (unpaired) electrons. The van der Waals surface area contributed by atoms with E-state index in [-0.39, 0.29) is 12.6 Å². The van der Waals surface area contributed by atoms with Crippen molar-refractivity contribution in [3.8, 4) is 11.8 Å². The summed E-state index contributed by atoms with van der Waals surface area (Å²) in [5, 5.41) is 9.72. The number of ether oxygens (including phenoxy) is 1. The van der Waals surface area contributed by atoms with Crippen molar-refractivity contribution in [3.63, 3.8) is 0 Å². The van der Waals surface area contributed by atoms with E-state index in [0.29, 0.717) is 22.0 Å². The standard InChI is InChI=1S/C13H13ClN2O2/c1-8-5-11(3-4-12(8)14)18-13-15-6-10(7-17)9(2)16-13/h3-6,17H,7H2,1-2H3. The molecule has 0 fully saturated rings. The molecule has 1 aromatic carbocycles. The van der Waals surface area contributed by atoms with Crippen molar-refractivity contribution in [2.24, 2.45) is 0 Å². The van der Waals surface area contributed by atoms with Gasteiger partial charge in [0.2, 0.25) is 0 Å². The van der Waals surface area contributed by atoms with Crippen LogP contribution in [0.2, 0.25) is 5.02 Å². The summed E-state index contributed by atoms with van der Waals surface area (Å²) < 4.78 is 5.53. The molecule has 5 heteroatoms. The molecule has 1 N–H and O–H groups in total. The zero-order valence-electron chi connectivity index (χ0n) is 10.1. The molecule has 2 rings (SSSR count). The molecule has 4 nitrogen and oxygen atoms in total. The van der Waals surface area contributed by atoms with Crippen LogP contribution < -0.4 is 4.74 Å². The van der Waals surface area contributed by atoms with Gasteiger partial charge in [0.05, 0.1) is 12.3 Å². The monoisotopic (exact) mass is 264 g/mol. The van der Waals surface area contributed by atoms with Gasteiger partial charge >= 0.3 is 6.01 Å². The summed E-state index contributed by atoms with van der Waals surface area (Å²) in [6, 6.07) is 5.60. The zero-order chi connectivity index (χ0) is 13.1. The second-order valence-electron chi connectivity index (χ2n) is 3.93. The number of nitrogens with zero attached hydrogens (tertiary/aromatic N) is 2. The van der Waals surface area contributed by atoms with Gasteiger partial charge in [-0.1, -0.05) is 11.6 Å². The van der Waals surface area contributed by atoms with Crippen LogP contribution >= 0.6 is 11.6 Å². The van der Waals surface area contributed by atoms with Crippen molar-refractivity contribution >= 4 is 11.6 Å². The minimum absolute atomic E-state index is 0.0772. The summed E-state index contributed by atoms with van der Waals surface area (Å²) in [5.41, 5.74) is 2.32. The molecule has 0 aliphatic carbocycles. The molecule has 94 valence electrons. The van der Waals surface area contributed by atoms with Gasteiger partial charge in [0.25, 0.3) is 0 Å². The molecule has 0 amide bonds. The molecule has 1 aromatic heterocycles. The van der Waals surface area contributed by atoms with Crippen LogP contribution in [0.5, 0.6) is 11.8 Å². The molecule has 0 saturated heterocycles. The number of aliphatic hydroxyl groups is 1. The fraction of sp³-hybridized carbons (Fsp3) is 0.231. The van der Waals surface area contributed by atoms with E-state index in [4.69, 9.17) is 21.4 Å². The number of aromatic nitrogens is 2. The number of aryl methyl sites for hydroxylation is 2. The van der Waals surface area contributed by atoms with Gasteiger partial charge in [0, 0.05) is 16.8 Å². The average Bonchev–Trinajstić information content (AvgIpc) is 2.34. The minimum Gasteiger partial charge on any atom is -0.424 e. The lowest BCUT2D eigenvalue weighted by Crippen LogP contribution is -1.98. The Morgan fingerprint density at radius 2 is 2.11 bits per heavy atom. The third-order valence-corrected chi connectivity index (χ3v) is 2.99. The molecule has 0 saturated carbocycles. The highest BCUT2D eigenvalue weighted by Gasteiger charge is 2.05. The van der Waals surface area contributed by atoms with Crippen molar-refractivity contribution < 1.29 is 9.84 Å². The number of halogens is 1. The van der Waals surface area contributed by atoms with E-state index >= 15 is 0 Å². The fourth-order valence-electron chi connectivity index (χ4n) is 1.46. The second kappa shape index (κ2) is 5.33. The van der Waals surface area contributed by atoms with Crippen LogP contribution in [0.1, 0.15) is 16.8 Å². The van der Waals surface area contributed by atoms with Gasteiger partial charge in [-0.05, 0) is 37.6 Å². The average molecular weight is 265 g/mol. The first kappa shape index (κ1) is 12.8. The highest BCUT2D eigenvalue weighted by atomic mass is 35.5. The van der Waals surface area contributed by atoms with Crippen LogP contribution in [0.3, 0.4) is 0 Å². The Labute approximate surface area is 110 Å². The maximum atomic E-state index is 9.03. The summed E-state index contributed by atoms with van der Waals surface area (Å²) in [6.07, 6.45) is 1.56. The summed E-state index contributed by atoms with van der Waals surface area (Å²) in [6.45, 7) is 3.62. The lowest BCUT2D eigenvalue weighted by atomic mass is 10.2. The molecule has 0 unspecified atom stereocenters. The first-order valence-corrected chi connectivity index (χ1v) is 5.85. The molecule has 0 aliphatic rings. The van der Waals surface area contributed by atoms with Gasteiger partial charge in [-0.3, -0.25) is 0 Å². The first-order chi connectivity index (χ1) is 8.60. The van der Waals surface area contributed by atoms with Gasteiger partial charge in [0.15, 0.2) is 0 Å². The summed E-state index contributed by atoms with van der Waals surface area (Å²) >= 11 is 5.93. The van der Waals surface area contributed by atoms with Crippen LogP contribution in [-0.4, -0.2) is 15.1 Å². The number of hydrogen-bond acceptors (Lipinski definition) is 4. The van der Waals surface area contributed by atoms with Gasteiger partial charge < -0.3 is 9.84 Å². The van der Waals surface area contributed by atoms with Gasteiger partial charge in [0.1, 0.15) is 5.75 Å². The predicted octanol–water partition coefficient (Wildman–Crippen LogP) is 3.03. The van der Waals surface area contributed by atoms with Crippen molar-refractivity contribution in [1.29, 1.82) is 0 Å². The zero-order valence-corrected chi connectivity index (χ0v) is 10.9. The predicted molar refractivity (Wildman–Crippen MR) is 69.0 cm³/mol. The highest BCUT2D eigenvalue weighted by Crippen LogP contribution is 2.24. The van der Waals surface area contributed by atoms with Gasteiger partial charge in [-0.2, -0.15) is 4.98 Å². The topological polar surface area (TPSA) is 55.2 Å². The lowest BCUT2D eigenvalue weighted by Gasteiger charge is -2.07. The van der Waals surface area contributed by atoms with E-state index in [9.17, 15) is 0 Å². The Hall–Kier alpha value is -1.65. The Morgan fingerprint density at radius 1 is 1.33 bits per heavy atom. The number of rotatable bonds is 3. The lowest BCUT2D eigenvalue weighted by molar-refractivity contribution is 0.279. The number of hydrogen-bond donors (Lipinski definition) is 1. The maximum absolute atomic E-state index is 9.03. The van der Waals surface area contributed by atoms with E-state index in [1.54, 1.807) is 25.3 Å². The van der Waals surface area contributed by atoms with E-state index < -0.39 is 0 Å². The normalized spacial score (nSPS) is 10.4. The van der Waals surface area contributed by atoms with Crippen molar-refractivity contribution in [2.45, 2.75) is 20.5 Å². The van der Waals surface area contributed by atoms with Gasteiger partial charge in [-0.25, -0.2) is 4.98 Å². The Morgan fingerprint density at radius 3 is 2.72 bits per heavy atom. The summed E-state index contributed by atoms with van der Waals surface area (Å²) in [5.74, 6) is 0.632. The molecule has 0 bridgehead atoms. The Balaban J connectivity index is 2.23. The molecular formula is C13H13ClN2O2. The number of aliphatic hydroxyl groups excluding tert-OH is 1. The summed E-state index contributed by atoms with van der Waals surface area (Å²) in [7, 11) is 0. The number of benzene rings is 1. The van der Waals surface area contributed by atoms with E-state index in [1.807, 2.05) is 13.0 Å². The van der Waals surface area contributed by atoms with E-state index in [2.05, 4.69) is 9.97 Å².